The van der Waals surface area contributed by atoms with Gasteiger partial charge in [-0.2, -0.15) is 4.98 Å². The van der Waals surface area contributed by atoms with Gasteiger partial charge >= 0.3 is 0 Å². The van der Waals surface area contributed by atoms with Crippen molar-refractivity contribution in [1.29, 1.82) is 0 Å². The van der Waals surface area contributed by atoms with Crippen LogP contribution in [0.3, 0.4) is 0 Å². The zero-order valence-corrected chi connectivity index (χ0v) is 17.1. The lowest BCUT2D eigenvalue weighted by atomic mass is 10.1. The van der Waals surface area contributed by atoms with Crippen molar-refractivity contribution in [3.63, 3.8) is 0 Å². The molecule has 2 aliphatic rings. The first kappa shape index (κ1) is 19.6. The number of para-hydroxylation sites is 2. The quantitative estimate of drug-likeness (QED) is 0.626. The maximum absolute atomic E-state index is 13.0. The van der Waals surface area contributed by atoms with Crippen molar-refractivity contribution in [2.45, 2.75) is 19.1 Å². The number of benzene rings is 2. The highest BCUT2D eigenvalue weighted by atomic mass is 16.5. The predicted octanol–water partition coefficient (Wildman–Crippen LogP) is 2.29. The average Bonchev–Trinajstić information content (AvgIpc) is 3.26. The summed E-state index contributed by atoms with van der Waals surface area (Å²) < 4.78 is 16.9. The third-order valence-corrected chi connectivity index (χ3v) is 5.50. The Morgan fingerprint density at radius 2 is 1.81 bits per heavy atom. The zero-order chi connectivity index (χ0) is 21.0. The van der Waals surface area contributed by atoms with E-state index in [1.165, 1.54) is 0 Å². The second-order valence-corrected chi connectivity index (χ2v) is 7.66. The van der Waals surface area contributed by atoms with E-state index in [1.54, 1.807) is 0 Å². The molecule has 0 bridgehead atoms. The maximum Gasteiger partial charge on any atom is 0.265 e. The molecule has 0 spiro atoms. The van der Waals surface area contributed by atoms with E-state index in [9.17, 15) is 4.79 Å². The second kappa shape index (κ2) is 8.77. The highest BCUT2D eigenvalue weighted by Gasteiger charge is 2.34. The normalized spacial score (nSPS) is 18.4. The molecular formula is C23H24N4O4. The van der Waals surface area contributed by atoms with E-state index >= 15 is 0 Å². The van der Waals surface area contributed by atoms with E-state index < -0.39 is 6.10 Å². The number of anilines is 1. The second-order valence-electron chi connectivity index (χ2n) is 7.66. The van der Waals surface area contributed by atoms with Crippen LogP contribution in [0.15, 0.2) is 59.1 Å². The van der Waals surface area contributed by atoms with Crippen molar-refractivity contribution in [3.8, 4) is 5.75 Å². The smallest absolute Gasteiger partial charge is 0.265 e. The molecule has 160 valence electrons. The Kier molecular flexibility index (Phi) is 5.54. The van der Waals surface area contributed by atoms with Gasteiger partial charge in [-0.15, -0.1) is 0 Å². The number of ether oxygens (including phenoxy) is 2. The van der Waals surface area contributed by atoms with Gasteiger partial charge in [-0.1, -0.05) is 47.6 Å². The minimum atomic E-state index is -0.580. The summed E-state index contributed by atoms with van der Waals surface area (Å²) in [4.78, 5) is 21.5. The highest BCUT2D eigenvalue weighted by molar-refractivity contribution is 5.83. The molecule has 31 heavy (non-hydrogen) atoms. The van der Waals surface area contributed by atoms with E-state index in [-0.39, 0.29) is 5.91 Å². The van der Waals surface area contributed by atoms with Gasteiger partial charge in [0.05, 0.1) is 38.4 Å². The van der Waals surface area contributed by atoms with Gasteiger partial charge in [0.25, 0.3) is 5.91 Å². The molecule has 1 atom stereocenters. The Labute approximate surface area is 180 Å². The Morgan fingerprint density at radius 1 is 1.03 bits per heavy atom. The molecule has 3 heterocycles. The van der Waals surface area contributed by atoms with Crippen LogP contribution in [0.25, 0.3) is 0 Å². The summed E-state index contributed by atoms with van der Waals surface area (Å²) in [7, 11) is 0. The van der Waals surface area contributed by atoms with Gasteiger partial charge < -0.3 is 23.8 Å². The third kappa shape index (κ3) is 4.39. The number of nitrogens with zero attached hydrogens (tertiary/aromatic N) is 4. The van der Waals surface area contributed by atoms with Crippen LogP contribution in [0.1, 0.15) is 17.3 Å². The minimum absolute atomic E-state index is 0.0133. The van der Waals surface area contributed by atoms with Crippen LogP contribution >= 0.6 is 0 Å². The summed E-state index contributed by atoms with van der Waals surface area (Å²) >= 11 is 0. The molecule has 0 saturated carbocycles. The fourth-order valence-corrected chi connectivity index (χ4v) is 3.94. The Morgan fingerprint density at radius 3 is 2.65 bits per heavy atom. The molecule has 1 fully saturated rings. The molecule has 1 amide bonds. The van der Waals surface area contributed by atoms with Crippen molar-refractivity contribution in [2.75, 3.05) is 37.7 Å². The number of morpholine rings is 1. The number of amides is 1. The Hall–Kier alpha value is -3.39. The summed E-state index contributed by atoms with van der Waals surface area (Å²) in [5, 5.41) is 4.16. The molecule has 1 saturated heterocycles. The van der Waals surface area contributed by atoms with Crippen LogP contribution in [0.5, 0.6) is 5.75 Å². The fraction of sp³-hybridized carbons (Fsp3) is 0.348. The molecule has 8 nitrogen and oxygen atoms in total. The lowest BCUT2D eigenvalue weighted by molar-refractivity contribution is -0.142. The van der Waals surface area contributed by atoms with Gasteiger partial charge in [-0.3, -0.25) is 4.79 Å². The fourth-order valence-electron chi connectivity index (χ4n) is 3.94. The van der Waals surface area contributed by atoms with Crippen LogP contribution < -0.4 is 9.64 Å². The topological polar surface area (TPSA) is 80.9 Å². The van der Waals surface area contributed by atoms with Crippen LogP contribution in [-0.2, 0) is 22.5 Å². The third-order valence-electron chi connectivity index (χ3n) is 5.50. The molecule has 5 rings (SSSR count). The molecule has 0 radical (unpaired) electrons. The first-order valence-corrected chi connectivity index (χ1v) is 10.5. The van der Waals surface area contributed by atoms with E-state index in [1.807, 2.05) is 59.5 Å². The summed E-state index contributed by atoms with van der Waals surface area (Å²) in [5.74, 6) is 1.83. The van der Waals surface area contributed by atoms with E-state index in [0.717, 1.165) is 11.3 Å². The van der Waals surface area contributed by atoms with Gasteiger partial charge in [0.15, 0.2) is 11.9 Å². The van der Waals surface area contributed by atoms with Crippen molar-refractivity contribution < 1.29 is 18.8 Å². The van der Waals surface area contributed by atoms with Crippen LogP contribution in [0.2, 0.25) is 0 Å². The van der Waals surface area contributed by atoms with Gasteiger partial charge in [0.1, 0.15) is 5.75 Å². The Bertz CT molecular complexity index is 1030. The van der Waals surface area contributed by atoms with Crippen molar-refractivity contribution in [3.05, 3.63) is 71.9 Å². The standard InChI is InChI=1S/C23H24N4O4/c28-23(26-10-12-29-13-11-26)20-15-27(18-8-4-5-9-19(18)30-20)16-21-24-22(31-25-21)14-17-6-2-1-3-7-17/h1-9,20H,10-16H2. The van der Waals surface area contributed by atoms with Gasteiger partial charge in [-0.05, 0) is 17.7 Å². The average molecular weight is 420 g/mol. The number of aromatic nitrogens is 2. The predicted molar refractivity (Wildman–Crippen MR) is 113 cm³/mol. The molecular weight excluding hydrogens is 396 g/mol. The number of carbonyl (C=O) groups excluding carboxylic acids is 1. The SMILES string of the molecule is O=C(C1CN(Cc2noc(Cc3ccccc3)n2)c2ccccc2O1)N1CCOCC1. The maximum atomic E-state index is 13.0. The molecule has 8 heteroatoms. The number of hydrogen-bond donors (Lipinski definition) is 0. The monoisotopic (exact) mass is 420 g/mol. The van der Waals surface area contributed by atoms with Gasteiger partial charge in [0, 0.05) is 13.1 Å². The molecule has 3 aromatic rings. The van der Waals surface area contributed by atoms with Crippen LogP contribution in [0, 0.1) is 0 Å². The number of rotatable bonds is 5. The van der Waals surface area contributed by atoms with Crippen molar-refractivity contribution in [1.82, 2.24) is 15.0 Å². The largest absolute Gasteiger partial charge is 0.477 e. The first-order valence-electron chi connectivity index (χ1n) is 10.5. The molecule has 2 aliphatic heterocycles. The van der Waals surface area contributed by atoms with Crippen molar-refractivity contribution in [2.24, 2.45) is 0 Å². The molecule has 2 aromatic carbocycles. The van der Waals surface area contributed by atoms with E-state index in [4.69, 9.17) is 14.0 Å². The number of hydrogen-bond acceptors (Lipinski definition) is 7. The molecule has 1 unspecified atom stereocenters. The molecule has 1 aromatic heterocycles. The first-order chi connectivity index (χ1) is 15.3. The molecule has 0 N–H and O–H groups in total. The van der Waals surface area contributed by atoms with Gasteiger partial charge in [0.2, 0.25) is 5.89 Å². The zero-order valence-electron chi connectivity index (χ0n) is 17.1. The van der Waals surface area contributed by atoms with E-state index in [0.29, 0.717) is 63.3 Å². The summed E-state index contributed by atoms with van der Waals surface area (Å²) in [6.45, 7) is 3.17. The summed E-state index contributed by atoms with van der Waals surface area (Å²) in [6, 6.07) is 17.8. The van der Waals surface area contributed by atoms with Crippen LogP contribution in [-0.4, -0.2) is 59.9 Å². The highest BCUT2D eigenvalue weighted by Crippen LogP contribution is 2.34. The number of fused-ring (bicyclic) bond motifs is 1. The number of carbonyl (C=O) groups is 1. The Balaban J connectivity index is 1.32. The summed E-state index contributed by atoms with van der Waals surface area (Å²) in [6.07, 6.45) is 0.00905. The van der Waals surface area contributed by atoms with Gasteiger partial charge in [-0.25, -0.2) is 0 Å². The molecule has 0 aliphatic carbocycles. The lowest BCUT2D eigenvalue weighted by Gasteiger charge is -2.37. The minimum Gasteiger partial charge on any atom is -0.477 e. The van der Waals surface area contributed by atoms with Crippen LogP contribution in [0.4, 0.5) is 5.69 Å². The lowest BCUT2D eigenvalue weighted by Crippen LogP contribution is -2.52. The van der Waals surface area contributed by atoms with Crippen molar-refractivity contribution >= 4 is 11.6 Å². The van der Waals surface area contributed by atoms with E-state index in [2.05, 4.69) is 15.0 Å². The summed E-state index contributed by atoms with van der Waals surface area (Å²) in [5.41, 5.74) is 2.04.